The molecular weight excluding hydrogens is 248 g/mol. The average molecular weight is 266 g/mol. The normalized spacial score (nSPS) is 23.9. The first-order chi connectivity index (χ1) is 8.84. The van der Waals surface area contributed by atoms with Gasteiger partial charge in [-0.05, 0) is 35.2 Å². The van der Waals surface area contributed by atoms with Crippen molar-refractivity contribution in [3.8, 4) is 0 Å². The standard InChI is InChI=1S/C13H18N2O2S/c16-13(12-8-17-5-4-14-12)15(11-1-2-11)7-10-3-6-18-9-10/h3,6,9,11-12,14H,1-2,4-5,7-8H2. The largest absolute Gasteiger partial charge is 0.378 e. The number of amides is 1. The molecule has 1 unspecified atom stereocenters. The zero-order valence-corrected chi connectivity index (χ0v) is 11.1. The van der Waals surface area contributed by atoms with Crippen LogP contribution in [-0.2, 0) is 16.1 Å². The number of ether oxygens (including phenoxy) is 1. The van der Waals surface area contributed by atoms with Crippen molar-refractivity contribution in [2.24, 2.45) is 0 Å². The Hall–Kier alpha value is -0.910. The van der Waals surface area contributed by atoms with Gasteiger partial charge >= 0.3 is 0 Å². The summed E-state index contributed by atoms with van der Waals surface area (Å²) in [6, 6.07) is 2.39. The molecule has 2 fully saturated rings. The number of nitrogens with one attached hydrogen (secondary N) is 1. The number of morpholine rings is 1. The molecule has 2 aliphatic rings. The first kappa shape index (κ1) is 12.1. The van der Waals surface area contributed by atoms with Gasteiger partial charge in [-0.3, -0.25) is 4.79 Å². The van der Waals surface area contributed by atoms with E-state index in [9.17, 15) is 4.79 Å². The van der Waals surface area contributed by atoms with Gasteiger partial charge < -0.3 is 15.0 Å². The van der Waals surface area contributed by atoms with E-state index in [0.29, 0.717) is 19.3 Å². The van der Waals surface area contributed by atoms with E-state index < -0.39 is 0 Å². The Morgan fingerprint density at radius 3 is 3.06 bits per heavy atom. The fraction of sp³-hybridized carbons (Fsp3) is 0.615. The summed E-state index contributed by atoms with van der Waals surface area (Å²) in [5, 5.41) is 7.43. The van der Waals surface area contributed by atoms with Crippen LogP contribution in [0.3, 0.4) is 0 Å². The average Bonchev–Trinajstić information content (AvgIpc) is 3.13. The Morgan fingerprint density at radius 1 is 1.56 bits per heavy atom. The number of hydrogen-bond donors (Lipinski definition) is 1. The monoisotopic (exact) mass is 266 g/mol. The van der Waals surface area contributed by atoms with Crippen LogP contribution in [0.25, 0.3) is 0 Å². The summed E-state index contributed by atoms with van der Waals surface area (Å²) in [4.78, 5) is 14.5. The number of carbonyl (C=O) groups excluding carboxylic acids is 1. The molecule has 0 aromatic carbocycles. The maximum atomic E-state index is 12.5. The van der Waals surface area contributed by atoms with Crippen molar-refractivity contribution in [2.75, 3.05) is 19.8 Å². The molecule has 0 bridgehead atoms. The molecule has 1 N–H and O–H groups in total. The molecule has 1 aliphatic heterocycles. The van der Waals surface area contributed by atoms with E-state index >= 15 is 0 Å². The maximum Gasteiger partial charge on any atom is 0.242 e. The Kier molecular flexibility index (Phi) is 3.63. The highest BCUT2D eigenvalue weighted by Crippen LogP contribution is 2.29. The van der Waals surface area contributed by atoms with Crippen LogP contribution in [0.2, 0.25) is 0 Å². The van der Waals surface area contributed by atoms with E-state index in [-0.39, 0.29) is 11.9 Å². The van der Waals surface area contributed by atoms with Crippen molar-refractivity contribution in [3.05, 3.63) is 22.4 Å². The molecule has 1 aromatic rings. The van der Waals surface area contributed by atoms with Gasteiger partial charge in [0.1, 0.15) is 6.04 Å². The Bertz CT molecular complexity index is 397. The molecule has 98 valence electrons. The smallest absolute Gasteiger partial charge is 0.242 e. The number of rotatable bonds is 4. The topological polar surface area (TPSA) is 41.6 Å². The molecule has 1 saturated carbocycles. The summed E-state index contributed by atoms with van der Waals surface area (Å²) in [6.45, 7) is 2.72. The lowest BCUT2D eigenvalue weighted by Gasteiger charge is -2.30. The molecule has 0 radical (unpaired) electrons. The molecule has 1 atom stereocenters. The highest BCUT2D eigenvalue weighted by molar-refractivity contribution is 7.07. The Morgan fingerprint density at radius 2 is 2.44 bits per heavy atom. The maximum absolute atomic E-state index is 12.5. The molecule has 1 aliphatic carbocycles. The van der Waals surface area contributed by atoms with Crippen molar-refractivity contribution >= 4 is 17.2 Å². The molecule has 4 nitrogen and oxygen atoms in total. The van der Waals surface area contributed by atoms with Crippen molar-refractivity contribution in [3.63, 3.8) is 0 Å². The molecular formula is C13H18N2O2S. The summed E-state index contributed by atoms with van der Waals surface area (Å²) in [5.41, 5.74) is 1.23. The van der Waals surface area contributed by atoms with Gasteiger partial charge in [0, 0.05) is 19.1 Å². The van der Waals surface area contributed by atoms with Crippen molar-refractivity contribution < 1.29 is 9.53 Å². The van der Waals surface area contributed by atoms with Crippen molar-refractivity contribution in [1.29, 1.82) is 0 Å². The minimum Gasteiger partial charge on any atom is -0.378 e. The molecule has 1 saturated heterocycles. The van der Waals surface area contributed by atoms with Gasteiger partial charge in [0.15, 0.2) is 0 Å². The summed E-state index contributed by atoms with van der Waals surface area (Å²) >= 11 is 1.68. The van der Waals surface area contributed by atoms with E-state index in [4.69, 9.17) is 4.74 Å². The summed E-state index contributed by atoms with van der Waals surface area (Å²) in [5.74, 6) is 0.198. The molecule has 1 amide bonds. The number of nitrogens with zero attached hydrogens (tertiary/aromatic N) is 1. The van der Waals surface area contributed by atoms with E-state index in [0.717, 1.165) is 25.9 Å². The van der Waals surface area contributed by atoms with Crippen molar-refractivity contribution in [1.82, 2.24) is 10.2 Å². The zero-order valence-electron chi connectivity index (χ0n) is 10.3. The van der Waals surface area contributed by atoms with Gasteiger partial charge in [-0.1, -0.05) is 0 Å². The van der Waals surface area contributed by atoms with Gasteiger partial charge in [-0.2, -0.15) is 11.3 Å². The van der Waals surface area contributed by atoms with Gasteiger partial charge in [0.2, 0.25) is 5.91 Å². The van der Waals surface area contributed by atoms with Crippen LogP contribution < -0.4 is 5.32 Å². The predicted molar refractivity (Wildman–Crippen MR) is 70.5 cm³/mol. The molecule has 5 heteroatoms. The van der Waals surface area contributed by atoms with Crippen LogP contribution >= 0.6 is 11.3 Å². The lowest BCUT2D eigenvalue weighted by Crippen LogP contribution is -2.52. The van der Waals surface area contributed by atoms with E-state index in [1.54, 1.807) is 11.3 Å². The first-order valence-electron chi connectivity index (χ1n) is 6.47. The summed E-state index contributed by atoms with van der Waals surface area (Å²) in [6.07, 6.45) is 2.28. The molecule has 1 aromatic heterocycles. The molecule has 3 rings (SSSR count). The van der Waals surface area contributed by atoms with E-state index in [1.807, 2.05) is 4.90 Å². The first-order valence-corrected chi connectivity index (χ1v) is 7.41. The lowest BCUT2D eigenvalue weighted by atomic mass is 10.2. The highest BCUT2D eigenvalue weighted by atomic mass is 32.1. The minimum absolute atomic E-state index is 0.155. The third-order valence-corrected chi connectivity index (χ3v) is 4.16. The number of hydrogen-bond acceptors (Lipinski definition) is 4. The molecule has 18 heavy (non-hydrogen) atoms. The summed E-state index contributed by atoms with van der Waals surface area (Å²) in [7, 11) is 0. The van der Waals surface area contributed by atoms with E-state index in [1.165, 1.54) is 5.56 Å². The van der Waals surface area contributed by atoms with Crippen LogP contribution in [-0.4, -0.2) is 42.6 Å². The number of thiophene rings is 1. The van der Waals surface area contributed by atoms with Crippen LogP contribution in [0.15, 0.2) is 16.8 Å². The Balaban J connectivity index is 1.66. The highest BCUT2D eigenvalue weighted by Gasteiger charge is 2.36. The second-order valence-corrected chi connectivity index (χ2v) is 5.69. The molecule has 2 heterocycles. The number of carbonyl (C=O) groups is 1. The minimum atomic E-state index is -0.155. The zero-order chi connectivity index (χ0) is 12.4. The van der Waals surface area contributed by atoms with Crippen LogP contribution in [0, 0.1) is 0 Å². The predicted octanol–water partition coefficient (Wildman–Crippen LogP) is 1.23. The second kappa shape index (κ2) is 5.38. The van der Waals surface area contributed by atoms with Gasteiger partial charge in [0.25, 0.3) is 0 Å². The van der Waals surface area contributed by atoms with Gasteiger partial charge in [-0.25, -0.2) is 0 Å². The van der Waals surface area contributed by atoms with Crippen molar-refractivity contribution in [2.45, 2.75) is 31.5 Å². The SMILES string of the molecule is O=C(C1COCCN1)N(Cc1ccsc1)C1CC1. The van der Waals surface area contributed by atoms with E-state index in [2.05, 4.69) is 22.1 Å². The van der Waals surface area contributed by atoms with Crippen LogP contribution in [0.4, 0.5) is 0 Å². The second-order valence-electron chi connectivity index (χ2n) is 4.91. The molecule has 0 spiro atoms. The summed E-state index contributed by atoms with van der Waals surface area (Å²) < 4.78 is 5.38. The third-order valence-electron chi connectivity index (χ3n) is 3.42. The van der Waals surface area contributed by atoms with Gasteiger partial charge in [-0.15, -0.1) is 0 Å². The van der Waals surface area contributed by atoms with Crippen LogP contribution in [0.1, 0.15) is 18.4 Å². The quantitative estimate of drug-likeness (QED) is 0.891. The fourth-order valence-electron chi connectivity index (χ4n) is 2.28. The van der Waals surface area contributed by atoms with Gasteiger partial charge in [0.05, 0.1) is 13.2 Å². The third kappa shape index (κ3) is 2.74. The fourth-order valence-corrected chi connectivity index (χ4v) is 2.94. The Labute approximate surface area is 111 Å². The van der Waals surface area contributed by atoms with Crippen LogP contribution in [0.5, 0.6) is 0 Å². The lowest BCUT2D eigenvalue weighted by molar-refractivity contribution is -0.137.